The highest BCUT2D eigenvalue weighted by atomic mass is 32.2. The molecular weight excluding hydrogens is 605 g/mol. The molecule has 45 heavy (non-hydrogen) atoms. The van der Waals surface area contributed by atoms with Crippen molar-refractivity contribution in [3.63, 3.8) is 0 Å². The number of ether oxygens (including phenoxy) is 1. The van der Waals surface area contributed by atoms with Crippen LogP contribution in [0.5, 0.6) is 0 Å². The quantitative estimate of drug-likeness (QED) is 0.210. The Kier molecular flexibility index (Phi) is 10.00. The third-order valence-corrected chi connectivity index (χ3v) is 9.94. The Bertz CT molecular complexity index is 1760. The van der Waals surface area contributed by atoms with Crippen molar-refractivity contribution in [3.8, 4) is 16.8 Å². The highest BCUT2D eigenvalue weighted by molar-refractivity contribution is 7.92. The number of hydrogen-bond donors (Lipinski definition) is 1. The first-order valence-electron chi connectivity index (χ1n) is 15.1. The van der Waals surface area contributed by atoms with Crippen LogP contribution in [0.4, 0.5) is 24.5 Å². The van der Waals surface area contributed by atoms with Crippen LogP contribution in [0.1, 0.15) is 38.7 Å². The fourth-order valence-electron chi connectivity index (χ4n) is 6.26. The summed E-state index contributed by atoms with van der Waals surface area (Å²) in [6.07, 6.45) is 8.55. The molecule has 0 bridgehead atoms. The predicted molar refractivity (Wildman–Crippen MR) is 171 cm³/mol. The molecule has 0 radical (unpaired) electrons. The van der Waals surface area contributed by atoms with Crippen LogP contribution in [-0.4, -0.2) is 80.0 Å². The van der Waals surface area contributed by atoms with Crippen LogP contribution in [0.2, 0.25) is 0 Å². The van der Waals surface area contributed by atoms with Gasteiger partial charge in [0.15, 0.2) is 5.82 Å². The van der Waals surface area contributed by atoms with Crippen molar-refractivity contribution >= 4 is 32.3 Å². The van der Waals surface area contributed by atoms with Crippen molar-refractivity contribution in [2.24, 2.45) is 0 Å². The second kappa shape index (κ2) is 13.8. The van der Waals surface area contributed by atoms with Gasteiger partial charge in [0, 0.05) is 81.0 Å². The van der Waals surface area contributed by atoms with Gasteiger partial charge in [0.05, 0.1) is 29.3 Å². The number of nitrogens with zero attached hydrogens (tertiary/aromatic N) is 5. The first kappa shape index (κ1) is 32.7. The fraction of sp³-hybridized carbons (Fsp3) is 0.438. The number of hydrogen-bond acceptors (Lipinski definition) is 7. The van der Waals surface area contributed by atoms with Crippen molar-refractivity contribution in [2.75, 3.05) is 55.8 Å². The average Bonchev–Trinajstić information content (AvgIpc) is 3.39. The van der Waals surface area contributed by atoms with Crippen LogP contribution < -0.4 is 9.62 Å². The highest BCUT2D eigenvalue weighted by Gasteiger charge is 2.29. The second-order valence-corrected chi connectivity index (χ2v) is 13.2. The number of piperidine rings is 1. The average molecular weight is 645 g/mol. The number of aryl methyl sites for hydroxylation is 1. The molecule has 1 fully saturated rings. The van der Waals surface area contributed by atoms with E-state index in [2.05, 4.69) is 19.6 Å². The van der Waals surface area contributed by atoms with Gasteiger partial charge in [-0.2, -0.15) is 0 Å². The minimum Gasteiger partial charge on any atom is -0.383 e. The van der Waals surface area contributed by atoms with E-state index < -0.39 is 38.8 Å². The minimum absolute atomic E-state index is 0.0920. The van der Waals surface area contributed by atoms with Crippen molar-refractivity contribution in [2.45, 2.75) is 45.6 Å². The Morgan fingerprint density at radius 2 is 1.80 bits per heavy atom. The molecule has 0 saturated carbocycles. The minimum atomic E-state index is -3.86. The maximum absolute atomic E-state index is 16.3. The standard InChI is InChI=1S/C32H39F3N6O3S/c1-5-15-45(42,43)38-27-8-7-25(33)32(30(27)35)41-19-24(21-17-36-20-37-18-21)29-23(6-2)31(26(34)16-28(29)41)39(3)22-9-11-40(12-10-22)13-14-44-4/h7-8,16-20,22,38H,5-6,9-15H2,1-4H3. The summed E-state index contributed by atoms with van der Waals surface area (Å²) >= 11 is 0. The predicted octanol–water partition coefficient (Wildman–Crippen LogP) is 5.77. The van der Waals surface area contributed by atoms with E-state index in [1.54, 1.807) is 26.4 Å². The molecule has 0 spiro atoms. The summed E-state index contributed by atoms with van der Waals surface area (Å²) < 4.78 is 81.5. The Labute approximate surface area is 262 Å². The Balaban J connectivity index is 1.67. The van der Waals surface area contributed by atoms with Crippen LogP contribution >= 0.6 is 0 Å². The van der Waals surface area contributed by atoms with Gasteiger partial charge in [0.1, 0.15) is 23.6 Å². The number of nitrogens with one attached hydrogen (secondary N) is 1. The number of sulfonamides is 1. The summed E-state index contributed by atoms with van der Waals surface area (Å²) in [6, 6.07) is 3.44. The highest BCUT2D eigenvalue weighted by Crippen LogP contribution is 2.42. The summed E-state index contributed by atoms with van der Waals surface area (Å²) in [5.74, 6) is -2.78. The molecule has 1 saturated heterocycles. The molecule has 1 N–H and O–H groups in total. The lowest BCUT2D eigenvalue weighted by Gasteiger charge is -2.38. The maximum Gasteiger partial charge on any atom is 0.232 e. The van der Waals surface area contributed by atoms with Crippen LogP contribution in [0.25, 0.3) is 27.7 Å². The fourth-order valence-corrected chi connectivity index (χ4v) is 7.39. The van der Waals surface area contributed by atoms with Crippen molar-refractivity contribution < 1.29 is 26.3 Å². The van der Waals surface area contributed by atoms with Gasteiger partial charge in [-0.25, -0.2) is 31.6 Å². The molecule has 0 atom stereocenters. The molecule has 0 aliphatic carbocycles. The topological polar surface area (TPSA) is 92.6 Å². The molecule has 9 nitrogen and oxygen atoms in total. The Morgan fingerprint density at radius 3 is 2.44 bits per heavy atom. The SMILES string of the molecule is CCCS(=O)(=O)Nc1ccc(F)c(-n2cc(-c3cncnc3)c3c(CC)c(N(C)C4CCN(CCOC)CC4)c(F)cc32)c1F. The van der Waals surface area contributed by atoms with Gasteiger partial charge in [-0.15, -0.1) is 0 Å². The number of aromatic nitrogens is 3. The molecule has 242 valence electrons. The van der Waals surface area contributed by atoms with Crippen LogP contribution in [0.3, 0.4) is 0 Å². The third kappa shape index (κ3) is 6.66. The number of halogens is 3. The monoisotopic (exact) mass is 644 g/mol. The van der Waals surface area contributed by atoms with Gasteiger partial charge in [-0.3, -0.25) is 4.72 Å². The first-order chi connectivity index (χ1) is 21.6. The number of rotatable bonds is 12. The van der Waals surface area contributed by atoms with Gasteiger partial charge in [-0.05, 0) is 43.4 Å². The summed E-state index contributed by atoms with van der Waals surface area (Å²) in [5.41, 5.74) is 1.61. The lowest BCUT2D eigenvalue weighted by Crippen LogP contribution is -2.44. The zero-order valence-electron chi connectivity index (χ0n) is 26.0. The lowest BCUT2D eigenvalue weighted by atomic mass is 9.96. The molecule has 1 aliphatic rings. The summed E-state index contributed by atoms with van der Waals surface area (Å²) in [5, 5.41) is 0.615. The summed E-state index contributed by atoms with van der Waals surface area (Å²) in [4.78, 5) is 12.6. The number of anilines is 2. The summed E-state index contributed by atoms with van der Waals surface area (Å²) in [7, 11) is -0.285. The van der Waals surface area contributed by atoms with Crippen molar-refractivity contribution in [1.29, 1.82) is 0 Å². The molecule has 0 amide bonds. The molecule has 2 aromatic carbocycles. The molecule has 0 unspecified atom stereocenters. The van der Waals surface area contributed by atoms with Crippen LogP contribution in [0.15, 0.2) is 43.1 Å². The molecule has 1 aliphatic heterocycles. The number of methoxy groups -OCH3 is 1. The van der Waals surface area contributed by atoms with E-state index in [1.807, 2.05) is 18.9 Å². The third-order valence-electron chi connectivity index (χ3n) is 8.46. The molecular formula is C32H39F3N6O3S. The smallest absolute Gasteiger partial charge is 0.232 e. The van der Waals surface area contributed by atoms with E-state index >= 15 is 13.2 Å². The van der Waals surface area contributed by atoms with Gasteiger partial charge in [0.25, 0.3) is 0 Å². The van der Waals surface area contributed by atoms with Crippen molar-refractivity contribution in [1.82, 2.24) is 19.4 Å². The number of fused-ring (bicyclic) bond motifs is 1. The Morgan fingerprint density at radius 1 is 1.09 bits per heavy atom. The zero-order chi connectivity index (χ0) is 32.3. The van der Waals surface area contributed by atoms with E-state index in [0.717, 1.165) is 44.6 Å². The first-order valence-corrected chi connectivity index (χ1v) is 16.8. The lowest BCUT2D eigenvalue weighted by molar-refractivity contribution is 0.130. The van der Waals surface area contributed by atoms with Crippen LogP contribution in [-0.2, 0) is 21.2 Å². The van der Waals surface area contributed by atoms with E-state index in [1.165, 1.54) is 23.2 Å². The molecule has 2 aromatic heterocycles. The van der Waals surface area contributed by atoms with E-state index in [-0.39, 0.29) is 17.3 Å². The Hall–Kier alpha value is -3.68. The van der Waals surface area contributed by atoms with E-state index in [4.69, 9.17) is 4.74 Å². The molecule has 5 rings (SSSR count). The summed E-state index contributed by atoms with van der Waals surface area (Å²) in [6.45, 7) is 6.84. The van der Waals surface area contributed by atoms with Gasteiger partial charge >= 0.3 is 0 Å². The number of benzene rings is 2. The zero-order valence-corrected chi connectivity index (χ0v) is 26.8. The largest absolute Gasteiger partial charge is 0.383 e. The number of likely N-dealkylation sites (tertiary alicyclic amines) is 1. The molecule has 4 aromatic rings. The van der Waals surface area contributed by atoms with Crippen LogP contribution in [0, 0.1) is 17.5 Å². The van der Waals surface area contributed by atoms with Crippen molar-refractivity contribution in [3.05, 3.63) is 66.1 Å². The van der Waals surface area contributed by atoms with Gasteiger partial charge in [0.2, 0.25) is 10.0 Å². The maximum atomic E-state index is 16.3. The normalized spacial score (nSPS) is 14.7. The van der Waals surface area contributed by atoms with Gasteiger partial charge < -0.3 is 19.1 Å². The van der Waals surface area contributed by atoms with Gasteiger partial charge in [-0.1, -0.05) is 13.8 Å². The molecule has 3 heterocycles. The van der Waals surface area contributed by atoms with E-state index in [0.29, 0.717) is 47.2 Å². The van der Waals surface area contributed by atoms with E-state index in [9.17, 15) is 8.42 Å². The second-order valence-electron chi connectivity index (χ2n) is 11.3. The molecule has 13 heteroatoms.